The molecule has 0 radical (unpaired) electrons. The van der Waals surface area contributed by atoms with Crippen molar-refractivity contribution in [2.45, 2.75) is 13.3 Å². The zero-order chi connectivity index (χ0) is 13.0. The molecule has 94 valence electrons. The summed E-state index contributed by atoms with van der Waals surface area (Å²) in [6, 6.07) is 14.1. The fraction of sp³-hybridized carbons (Fsp3) is 0.200. The second kappa shape index (κ2) is 6.26. The van der Waals surface area contributed by atoms with E-state index in [2.05, 4.69) is 28.1 Å². The van der Waals surface area contributed by atoms with Crippen LogP contribution in [0.25, 0.3) is 0 Å². The van der Waals surface area contributed by atoms with Crippen LogP contribution in [0.3, 0.4) is 0 Å². The molecule has 1 nitrogen and oxygen atoms in total. The summed E-state index contributed by atoms with van der Waals surface area (Å²) < 4.78 is 6.47. The first-order valence-electron chi connectivity index (χ1n) is 5.84. The molecule has 0 bridgehead atoms. The van der Waals surface area contributed by atoms with E-state index in [4.69, 9.17) is 16.3 Å². The number of benzene rings is 2. The molecule has 0 aromatic heterocycles. The Labute approximate surface area is 121 Å². The Hall–Kier alpha value is -0.990. The van der Waals surface area contributed by atoms with Gasteiger partial charge in [0.05, 0.1) is 6.61 Å². The van der Waals surface area contributed by atoms with Crippen LogP contribution >= 0.6 is 27.5 Å². The van der Waals surface area contributed by atoms with Gasteiger partial charge in [0.25, 0.3) is 0 Å². The quantitative estimate of drug-likeness (QED) is 0.760. The lowest BCUT2D eigenvalue weighted by Crippen LogP contribution is -1.93. The van der Waals surface area contributed by atoms with E-state index in [1.54, 1.807) is 0 Å². The van der Waals surface area contributed by atoms with E-state index in [0.717, 1.165) is 21.7 Å². The average Bonchev–Trinajstić information content (AvgIpc) is 2.35. The Morgan fingerprint density at radius 1 is 1.11 bits per heavy atom. The van der Waals surface area contributed by atoms with Crippen LogP contribution in [-0.4, -0.2) is 6.61 Å². The molecular weight excluding hydrogens is 312 g/mol. The summed E-state index contributed by atoms with van der Waals surface area (Å²) in [7, 11) is 0. The van der Waals surface area contributed by atoms with Crippen molar-refractivity contribution >= 4 is 27.5 Å². The van der Waals surface area contributed by atoms with Gasteiger partial charge in [0.1, 0.15) is 5.75 Å². The number of hydrogen-bond donors (Lipinski definition) is 0. The lowest BCUT2D eigenvalue weighted by atomic mass is 10.1. The number of rotatable bonds is 4. The maximum absolute atomic E-state index is 5.93. The van der Waals surface area contributed by atoms with Crippen LogP contribution in [0.2, 0.25) is 5.02 Å². The minimum absolute atomic E-state index is 0.697. The standard InChI is InChI=1S/C15H14BrClO/c1-2-18-14-7-3-11(4-8-14)9-12-5-6-13(17)10-15(12)16/h3-8,10H,2,9H2,1H3. The monoisotopic (exact) mass is 324 g/mol. The summed E-state index contributed by atoms with van der Waals surface area (Å²) in [6.45, 7) is 2.68. The molecule has 2 rings (SSSR count). The van der Waals surface area contributed by atoms with Crippen LogP contribution in [0.4, 0.5) is 0 Å². The molecule has 0 unspecified atom stereocenters. The van der Waals surface area contributed by atoms with E-state index in [-0.39, 0.29) is 0 Å². The highest BCUT2D eigenvalue weighted by atomic mass is 79.9. The van der Waals surface area contributed by atoms with Gasteiger partial charge < -0.3 is 4.74 Å². The summed E-state index contributed by atoms with van der Waals surface area (Å²) in [6.07, 6.45) is 0.879. The minimum Gasteiger partial charge on any atom is -0.494 e. The van der Waals surface area contributed by atoms with Crippen LogP contribution in [0, 0.1) is 0 Å². The van der Waals surface area contributed by atoms with Gasteiger partial charge in [-0.1, -0.05) is 45.7 Å². The van der Waals surface area contributed by atoms with Crippen molar-refractivity contribution in [3.8, 4) is 5.75 Å². The van der Waals surface area contributed by atoms with Crippen LogP contribution in [0.15, 0.2) is 46.9 Å². The Balaban J connectivity index is 2.13. The molecule has 0 spiro atoms. The fourth-order valence-corrected chi connectivity index (χ4v) is 2.58. The minimum atomic E-state index is 0.697. The fourth-order valence-electron chi connectivity index (χ4n) is 1.76. The van der Waals surface area contributed by atoms with Gasteiger partial charge in [-0.05, 0) is 48.7 Å². The SMILES string of the molecule is CCOc1ccc(Cc2ccc(Cl)cc2Br)cc1. The molecule has 0 aliphatic carbocycles. The summed E-state index contributed by atoms with van der Waals surface area (Å²) >= 11 is 9.46. The van der Waals surface area contributed by atoms with Gasteiger partial charge >= 0.3 is 0 Å². The van der Waals surface area contributed by atoms with Crippen molar-refractivity contribution in [3.05, 3.63) is 63.1 Å². The van der Waals surface area contributed by atoms with Crippen molar-refractivity contribution in [3.63, 3.8) is 0 Å². The molecule has 0 fully saturated rings. The Morgan fingerprint density at radius 3 is 2.44 bits per heavy atom. The first-order chi connectivity index (χ1) is 8.69. The molecule has 0 saturated carbocycles. The topological polar surface area (TPSA) is 9.23 Å². The molecule has 0 saturated heterocycles. The van der Waals surface area contributed by atoms with Gasteiger partial charge in [-0.25, -0.2) is 0 Å². The van der Waals surface area contributed by atoms with Crippen LogP contribution in [0.1, 0.15) is 18.1 Å². The number of hydrogen-bond acceptors (Lipinski definition) is 1. The van der Waals surface area contributed by atoms with Gasteiger partial charge in [-0.3, -0.25) is 0 Å². The molecular formula is C15H14BrClO. The number of ether oxygens (including phenoxy) is 1. The second-order valence-electron chi connectivity index (χ2n) is 3.99. The van der Waals surface area contributed by atoms with Gasteiger partial charge in [0, 0.05) is 9.50 Å². The van der Waals surface area contributed by atoms with Crippen molar-refractivity contribution in [2.75, 3.05) is 6.61 Å². The Bertz CT molecular complexity index is 523. The first kappa shape index (κ1) is 13.4. The van der Waals surface area contributed by atoms with Crippen LogP contribution in [-0.2, 0) is 6.42 Å². The summed E-state index contributed by atoms with van der Waals surface area (Å²) in [5.41, 5.74) is 2.48. The summed E-state index contributed by atoms with van der Waals surface area (Å²) in [5, 5.41) is 0.748. The molecule has 18 heavy (non-hydrogen) atoms. The molecule has 0 atom stereocenters. The molecule has 2 aromatic carbocycles. The van der Waals surface area contributed by atoms with E-state index >= 15 is 0 Å². The van der Waals surface area contributed by atoms with Gasteiger partial charge in [0.2, 0.25) is 0 Å². The third-order valence-corrected chi connectivity index (χ3v) is 3.62. The lowest BCUT2D eigenvalue weighted by Gasteiger charge is -2.07. The van der Waals surface area contributed by atoms with E-state index in [9.17, 15) is 0 Å². The van der Waals surface area contributed by atoms with Crippen LogP contribution in [0.5, 0.6) is 5.75 Å². The van der Waals surface area contributed by atoms with Gasteiger partial charge in [-0.15, -0.1) is 0 Å². The third-order valence-electron chi connectivity index (χ3n) is 2.64. The average molecular weight is 326 g/mol. The van der Waals surface area contributed by atoms with Crippen molar-refractivity contribution < 1.29 is 4.74 Å². The highest BCUT2D eigenvalue weighted by molar-refractivity contribution is 9.10. The zero-order valence-corrected chi connectivity index (χ0v) is 12.5. The van der Waals surface area contributed by atoms with Gasteiger partial charge in [-0.2, -0.15) is 0 Å². The van der Waals surface area contributed by atoms with E-state index in [1.807, 2.05) is 37.3 Å². The molecule has 0 aliphatic rings. The Kier molecular flexibility index (Phi) is 4.67. The molecule has 0 heterocycles. The molecule has 3 heteroatoms. The predicted molar refractivity (Wildman–Crippen MR) is 79.6 cm³/mol. The largest absolute Gasteiger partial charge is 0.494 e. The van der Waals surface area contributed by atoms with Crippen molar-refractivity contribution in [2.24, 2.45) is 0 Å². The summed E-state index contributed by atoms with van der Waals surface area (Å²) in [4.78, 5) is 0. The molecule has 0 N–H and O–H groups in total. The van der Waals surface area contributed by atoms with Gasteiger partial charge in [0.15, 0.2) is 0 Å². The molecule has 2 aromatic rings. The smallest absolute Gasteiger partial charge is 0.119 e. The van der Waals surface area contributed by atoms with E-state index in [1.165, 1.54) is 11.1 Å². The second-order valence-corrected chi connectivity index (χ2v) is 5.28. The maximum Gasteiger partial charge on any atom is 0.119 e. The number of halogens is 2. The van der Waals surface area contributed by atoms with Crippen molar-refractivity contribution in [1.82, 2.24) is 0 Å². The Morgan fingerprint density at radius 2 is 1.83 bits per heavy atom. The highest BCUT2D eigenvalue weighted by Crippen LogP contribution is 2.24. The molecule has 0 amide bonds. The first-order valence-corrected chi connectivity index (χ1v) is 7.02. The third kappa shape index (κ3) is 3.50. The van der Waals surface area contributed by atoms with E-state index < -0.39 is 0 Å². The van der Waals surface area contributed by atoms with Crippen LogP contribution < -0.4 is 4.74 Å². The summed E-state index contributed by atoms with van der Waals surface area (Å²) in [5.74, 6) is 0.913. The van der Waals surface area contributed by atoms with Crippen molar-refractivity contribution in [1.29, 1.82) is 0 Å². The van der Waals surface area contributed by atoms with E-state index in [0.29, 0.717) is 6.61 Å². The zero-order valence-electron chi connectivity index (χ0n) is 10.1. The maximum atomic E-state index is 5.93. The highest BCUT2D eigenvalue weighted by Gasteiger charge is 2.02. The molecule has 0 aliphatic heterocycles. The predicted octanol–water partition coefficient (Wildman–Crippen LogP) is 5.09. The lowest BCUT2D eigenvalue weighted by molar-refractivity contribution is 0.340. The normalized spacial score (nSPS) is 10.4.